The molecule has 0 radical (unpaired) electrons. The number of unbranched alkanes of at least 4 members (excludes halogenated alkanes) is 1. The van der Waals surface area contributed by atoms with Crippen LogP contribution >= 0.6 is 0 Å². The second-order valence-corrected chi connectivity index (χ2v) is 10.8. The van der Waals surface area contributed by atoms with Crippen molar-refractivity contribution in [3.05, 3.63) is 83.9 Å². The van der Waals surface area contributed by atoms with E-state index in [1.807, 2.05) is 24.3 Å². The highest BCUT2D eigenvalue weighted by Crippen LogP contribution is 2.43. The molecule has 0 aromatic heterocycles. The van der Waals surface area contributed by atoms with Gasteiger partial charge < -0.3 is 20.1 Å². The SMILES string of the molecule is CCCCC1(C=CC(=O)CCc2ccc(O)c(OCCc3ccc(O)cc3-c3ccc(O)cc3)c2)CCCC1. The molecule has 206 valence electrons. The fourth-order valence-corrected chi connectivity index (χ4v) is 5.52. The summed E-state index contributed by atoms with van der Waals surface area (Å²) in [6, 6.07) is 17.3. The Labute approximate surface area is 231 Å². The molecule has 0 bridgehead atoms. The monoisotopic (exact) mass is 528 g/mol. The van der Waals surface area contributed by atoms with Crippen molar-refractivity contribution in [2.45, 2.75) is 71.1 Å². The first-order valence-electron chi connectivity index (χ1n) is 14.2. The second-order valence-electron chi connectivity index (χ2n) is 10.8. The van der Waals surface area contributed by atoms with E-state index in [4.69, 9.17) is 4.74 Å². The van der Waals surface area contributed by atoms with Gasteiger partial charge in [0.15, 0.2) is 17.3 Å². The van der Waals surface area contributed by atoms with Gasteiger partial charge in [0.05, 0.1) is 6.61 Å². The lowest BCUT2D eigenvalue weighted by molar-refractivity contribution is -0.114. The maximum Gasteiger partial charge on any atom is 0.161 e. The molecule has 0 atom stereocenters. The van der Waals surface area contributed by atoms with Crippen molar-refractivity contribution in [2.24, 2.45) is 5.41 Å². The number of hydrogen-bond donors (Lipinski definition) is 3. The molecule has 0 spiro atoms. The van der Waals surface area contributed by atoms with Crippen LogP contribution < -0.4 is 4.74 Å². The Balaban J connectivity index is 1.34. The molecular formula is C34H40O5. The van der Waals surface area contributed by atoms with Crippen LogP contribution in [-0.2, 0) is 17.6 Å². The summed E-state index contributed by atoms with van der Waals surface area (Å²) >= 11 is 0. The minimum Gasteiger partial charge on any atom is -0.508 e. The van der Waals surface area contributed by atoms with Gasteiger partial charge in [-0.1, -0.05) is 62.9 Å². The molecule has 3 aromatic rings. The lowest BCUT2D eigenvalue weighted by Crippen LogP contribution is -2.13. The molecule has 1 aliphatic carbocycles. The number of benzene rings is 3. The Kier molecular flexibility index (Phi) is 9.69. The molecule has 1 fully saturated rings. The fourth-order valence-electron chi connectivity index (χ4n) is 5.52. The molecule has 0 amide bonds. The first-order valence-corrected chi connectivity index (χ1v) is 14.2. The second kappa shape index (κ2) is 13.4. The summed E-state index contributed by atoms with van der Waals surface area (Å²) < 4.78 is 5.94. The molecule has 4 rings (SSSR count). The Morgan fingerprint density at radius 1 is 0.923 bits per heavy atom. The molecule has 0 aliphatic heterocycles. The number of rotatable bonds is 13. The van der Waals surface area contributed by atoms with E-state index in [2.05, 4.69) is 13.0 Å². The van der Waals surface area contributed by atoms with Crippen molar-refractivity contribution in [1.29, 1.82) is 0 Å². The lowest BCUT2D eigenvalue weighted by Gasteiger charge is -2.24. The molecule has 1 aliphatic rings. The van der Waals surface area contributed by atoms with Gasteiger partial charge in [0.1, 0.15) is 11.5 Å². The fraction of sp³-hybridized carbons (Fsp3) is 0.382. The van der Waals surface area contributed by atoms with Crippen LogP contribution in [0.1, 0.15) is 69.4 Å². The average molecular weight is 529 g/mol. The van der Waals surface area contributed by atoms with E-state index in [-0.39, 0.29) is 28.4 Å². The van der Waals surface area contributed by atoms with Gasteiger partial charge >= 0.3 is 0 Å². The van der Waals surface area contributed by atoms with Crippen molar-refractivity contribution < 1.29 is 24.9 Å². The Hall–Kier alpha value is -3.73. The van der Waals surface area contributed by atoms with Crippen molar-refractivity contribution in [3.8, 4) is 34.1 Å². The van der Waals surface area contributed by atoms with Crippen LogP contribution in [0.2, 0.25) is 0 Å². The third-order valence-electron chi connectivity index (χ3n) is 7.84. The van der Waals surface area contributed by atoms with E-state index in [0.717, 1.165) is 22.3 Å². The third kappa shape index (κ3) is 7.89. The third-order valence-corrected chi connectivity index (χ3v) is 7.84. The highest BCUT2D eigenvalue weighted by atomic mass is 16.5. The van der Waals surface area contributed by atoms with E-state index in [1.54, 1.807) is 42.5 Å². The van der Waals surface area contributed by atoms with E-state index < -0.39 is 0 Å². The summed E-state index contributed by atoms with van der Waals surface area (Å²) in [6.45, 7) is 2.55. The molecule has 0 unspecified atom stereocenters. The number of carbonyl (C=O) groups is 1. The molecule has 3 aromatic carbocycles. The number of hydrogen-bond acceptors (Lipinski definition) is 5. The van der Waals surface area contributed by atoms with Gasteiger partial charge in [0.25, 0.3) is 0 Å². The van der Waals surface area contributed by atoms with Gasteiger partial charge in [-0.25, -0.2) is 0 Å². The van der Waals surface area contributed by atoms with Gasteiger partial charge in [0, 0.05) is 12.8 Å². The summed E-state index contributed by atoms with van der Waals surface area (Å²) in [4.78, 5) is 12.7. The maximum atomic E-state index is 12.7. The first-order chi connectivity index (χ1) is 18.9. The van der Waals surface area contributed by atoms with E-state index in [9.17, 15) is 20.1 Å². The number of phenolic OH excluding ortho intramolecular Hbond substituents is 3. The summed E-state index contributed by atoms with van der Waals surface area (Å²) in [5.41, 5.74) is 3.87. The van der Waals surface area contributed by atoms with Crippen molar-refractivity contribution in [1.82, 2.24) is 0 Å². The summed E-state index contributed by atoms with van der Waals surface area (Å²) in [7, 11) is 0. The maximum absolute atomic E-state index is 12.7. The van der Waals surface area contributed by atoms with Crippen LogP contribution in [-0.4, -0.2) is 27.7 Å². The highest BCUT2D eigenvalue weighted by molar-refractivity contribution is 5.89. The molecule has 39 heavy (non-hydrogen) atoms. The zero-order chi connectivity index (χ0) is 27.7. The van der Waals surface area contributed by atoms with Gasteiger partial charge in [-0.3, -0.25) is 4.79 Å². The minimum absolute atomic E-state index is 0.0635. The molecule has 1 saturated carbocycles. The Morgan fingerprint density at radius 3 is 2.41 bits per heavy atom. The number of aryl methyl sites for hydroxylation is 1. The largest absolute Gasteiger partial charge is 0.508 e. The standard InChI is InChI=1S/C34H40O5/c1-2-3-18-34(19-4-5-20-34)21-16-29(36)11-6-25-7-15-32(38)33(23-25)39-22-17-27-10-14-30(37)24-31(27)26-8-12-28(35)13-9-26/h7-10,12-16,21,23-24,35,37-38H,2-6,11,17-20,22H2,1H3. The average Bonchev–Trinajstić information content (AvgIpc) is 3.41. The van der Waals surface area contributed by atoms with E-state index in [0.29, 0.717) is 31.6 Å². The van der Waals surface area contributed by atoms with Gasteiger partial charge in [-0.2, -0.15) is 0 Å². The van der Waals surface area contributed by atoms with Crippen LogP contribution in [0.25, 0.3) is 11.1 Å². The molecule has 0 saturated heterocycles. The molecule has 5 nitrogen and oxygen atoms in total. The summed E-state index contributed by atoms with van der Waals surface area (Å²) in [5.74, 6) is 0.944. The van der Waals surface area contributed by atoms with Crippen LogP contribution in [0.4, 0.5) is 0 Å². The number of allylic oxidation sites excluding steroid dienone is 2. The van der Waals surface area contributed by atoms with Crippen LogP contribution in [0, 0.1) is 5.41 Å². The van der Waals surface area contributed by atoms with Gasteiger partial charge in [-0.05, 0) is 95.8 Å². The first kappa shape index (κ1) is 28.3. The molecule has 5 heteroatoms. The number of ketones is 1. The molecular weight excluding hydrogens is 488 g/mol. The summed E-state index contributed by atoms with van der Waals surface area (Å²) in [5, 5.41) is 30.0. The predicted molar refractivity (Wildman–Crippen MR) is 155 cm³/mol. The quantitative estimate of drug-likeness (QED) is 0.196. The number of phenols is 3. The lowest BCUT2D eigenvalue weighted by atomic mass is 9.80. The highest BCUT2D eigenvalue weighted by Gasteiger charge is 2.30. The number of ether oxygens (including phenoxy) is 1. The number of aromatic hydroxyl groups is 3. The topological polar surface area (TPSA) is 87.0 Å². The Morgan fingerprint density at radius 2 is 1.67 bits per heavy atom. The van der Waals surface area contributed by atoms with Crippen LogP contribution in [0.3, 0.4) is 0 Å². The Bertz CT molecular complexity index is 1270. The minimum atomic E-state index is 0.0635. The molecule has 0 heterocycles. The van der Waals surface area contributed by atoms with Crippen molar-refractivity contribution >= 4 is 5.78 Å². The normalized spacial score (nSPS) is 14.6. The summed E-state index contributed by atoms with van der Waals surface area (Å²) in [6.07, 6.45) is 14.0. The zero-order valence-corrected chi connectivity index (χ0v) is 22.9. The van der Waals surface area contributed by atoms with E-state index in [1.165, 1.54) is 44.9 Å². The predicted octanol–water partition coefficient (Wildman–Crippen LogP) is 7.90. The van der Waals surface area contributed by atoms with Gasteiger partial charge in [-0.15, -0.1) is 0 Å². The smallest absolute Gasteiger partial charge is 0.161 e. The molecule has 3 N–H and O–H groups in total. The van der Waals surface area contributed by atoms with E-state index >= 15 is 0 Å². The number of carbonyl (C=O) groups excluding carboxylic acids is 1. The van der Waals surface area contributed by atoms with Gasteiger partial charge in [0.2, 0.25) is 0 Å². The van der Waals surface area contributed by atoms with Crippen LogP contribution in [0.5, 0.6) is 23.0 Å². The zero-order valence-electron chi connectivity index (χ0n) is 22.9. The van der Waals surface area contributed by atoms with Crippen molar-refractivity contribution in [2.75, 3.05) is 6.61 Å². The van der Waals surface area contributed by atoms with Crippen LogP contribution in [0.15, 0.2) is 72.8 Å². The van der Waals surface area contributed by atoms with Crippen molar-refractivity contribution in [3.63, 3.8) is 0 Å².